The number of rotatable bonds is 4. The molecule has 2 atom stereocenters. The van der Waals surface area contributed by atoms with E-state index in [1.807, 2.05) is 28.0 Å². The van der Waals surface area contributed by atoms with Gasteiger partial charge in [0.2, 0.25) is 5.91 Å². The molecule has 3 aliphatic rings. The van der Waals surface area contributed by atoms with Gasteiger partial charge in [-0.25, -0.2) is 0 Å². The fourth-order valence-electron chi connectivity index (χ4n) is 5.33. The summed E-state index contributed by atoms with van der Waals surface area (Å²) in [5, 5.41) is 0. The molecule has 4 rings (SSSR count). The van der Waals surface area contributed by atoms with Gasteiger partial charge in [0.25, 0.3) is 5.91 Å². The highest BCUT2D eigenvalue weighted by atomic mass is 16.5. The Morgan fingerprint density at radius 2 is 1.63 bits per heavy atom. The Morgan fingerprint density at radius 1 is 0.933 bits per heavy atom. The molecule has 0 bridgehead atoms. The van der Waals surface area contributed by atoms with Crippen LogP contribution in [0.4, 0.5) is 0 Å². The average Bonchev–Trinajstić information content (AvgIpc) is 2.79. The smallest absolute Gasteiger partial charge is 0.257 e. The summed E-state index contributed by atoms with van der Waals surface area (Å²) in [6.07, 6.45) is 7.88. The predicted molar refractivity (Wildman–Crippen MR) is 115 cm³/mol. The van der Waals surface area contributed by atoms with Gasteiger partial charge >= 0.3 is 0 Å². The molecule has 2 aliphatic heterocycles. The minimum atomic E-state index is 0.0182. The van der Waals surface area contributed by atoms with Crippen LogP contribution in [0, 0.1) is 11.8 Å². The van der Waals surface area contributed by atoms with E-state index in [9.17, 15) is 9.59 Å². The average molecular weight is 415 g/mol. The van der Waals surface area contributed by atoms with E-state index in [-0.39, 0.29) is 17.9 Å². The Labute approximate surface area is 179 Å². The molecule has 0 N–H and O–H groups in total. The van der Waals surface area contributed by atoms with E-state index in [1.54, 1.807) is 14.0 Å². The zero-order valence-corrected chi connectivity index (χ0v) is 18.3. The molecule has 1 aliphatic carbocycles. The predicted octanol–water partition coefficient (Wildman–Crippen LogP) is 3.74. The summed E-state index contributed by atoms with van der Waals surface area (Å²) in [6, 6.07) is 5.52. The molecule has 164 valence electrons. The molecule has 0 spiro atoms. The normalized spacial score (nSPS) is 24.9. The van der Waals surface area contributed by atoms with Crippen LogP contribution in [0.1, 0.15) is 62.2 Å². The van der Waals surface area contributed by atoms with Crippen molar-refractivity contribution in [1.82, 2.24) is 9.80 Å². The highest BCUT2D eigenvalue weighted by molar-refractivity contribution is 5.97. The lowest BCUT2D eigenvalue weighted by Gasteiger charge is -2.41. The second-order valence-corrected chi connectivity index (χ2v) is 9.03. The Hall–Kier alpha value is -2.24. The molecule has 2 amide bonds. The van der Waals surface area contributed by atoms with Gasteiger partial charge in [0.05, 0.1) is 12.7 Å². The molecule has 6 heteroatoms. The van der Waals surface area contributed by atoms with Crippen LogP contribution in [-0.2, 0) is 4.79 Å². The minimum absolute atomic E-state index is 0.0182. The van der Waals surface area contributed by atoms with Gasteiger partial charge in [0.15, 0.2) is 0 Å². The molecule has 30 heavy (non-hydrogen) atoms. The van der Waals surface area contributed by atoms with Crippen LogP contribution in [-0.4, -0.2) is 61.0 Å². The van der Waals surface area contributed by atoms with Crippen molar-refractivity contribution in [1.29, 1.82) is 0 Å². The number of likely N-dealkylation sites (tertiary alicyclic amines) is 2. The molecule has 1 aromatic rings. The number of nitrogens with zero attached hydrogens (tertiary/aromatic N) is 2. The lowest BCUT2D eigenvalue weighted by molar-refractivity contribution is -0.130. The number of methoxy groups -OCH3 is 1. The van der Waals surface area contributed by atoms with Crippen molar-refractivity contribution < 1.29 is 19.1 Å². The van der Waals surface area contributed by atoms with Crippen molar-refractivity contribution in [2.45, 2.75) is 58.0 Å². The number of fused-ring (bicyclic) bond motifs is 1. The Kier molecular flexibility index (Phi) is 6.49. The molecule has 0 aromatic heterocycles. The maximum absolute atomic E-state index is 13.5. The zero-order valence-electron chi connectivity index (χ0n) is 18.3. The third kappa shape index (κ3) is 4.57. The first-order chi connectivity index (χ1) is 14.5. The number of hydrogen-bond donors (Lipinski definition) is 0. The Balaban J connectivity index is 1.48. The molecular formula is C24H34N2O4. The molecule has 0 radical (unpaired) electrons. The number of carbonyl (C=O) groups is 2. The van der Waals surface area contributed by atoms with Gasteiger partial charge in [-0.2, -0.15) is 0 Å². The molecular weight excluding hydrogens is 380 g/mol. The van der Waals surface area contributed by atoms with E-state index in [0.717, 1.165) is 38.3 Å². The van der Waals surface area contributed by atoms with Gasteiger partial charge in [0, 0.05) is 45.9 Å². The summed E-state index contributed by atoms with van der Waals surface area (Å²) in [5.41, 5.74) is 0.595. The number of carbonyl (C=O) groups excluding carboxylic acids is 2. The van der Waals surface area contributed by atoms with E-state index < -0.39 is 0 Å². The highest BCUT2D eigenvalue weighted by Crippen LogP contribution is 2.37. The fourth-order valence-corrected chi connectivity index (χ4v) is 5.33. The van der Waals surface area contributed by atoms with Gasteiger partial charge in [-0.1, -0.05) is 19.3 Å². The minimum Gasteiger partial charge on any atom is -0.497 e. The first-order valence-electron chi connectivity index (χ1n) is 11.4. The SMILES string of the molecule is COc1ccc(OC2CCN(C(C)=O)CC2)c(C(=O)N2CC[C@@H]3CCCC[C@H]3C2)c1. The van der Waals surface area contributed by atoms with Gasteiger partial charge in [-0.15, -0.1) is 0 Å². The third-order valence-electron chi connectivity index (χ3n) is 7.18. The van der Waals surface area contributed by atoms with Crippen molar-refractivity contribution in [3.8, 4) is 11.5 Å². The molecule has 6 nitrogen and oxygen atoms in total. The lowest BCUT2D eigenvalue weighted by atomic mass is 9.75. The van der Waals surface area contributed by atoms with Gasteiger partial charge < -0.3 is 19.3 Å². The number of amides is 2. The number of piperidine rings is 2. The Morgan fingerprint density at radius 3 is 2.33 bits per heavy atom. The van der Waals surface area contributed by atoms with E-state index >= 15 is 0 Å². The van der Waals surface area contributed by atoms with Crippen LogP contribution in [0.3, 0.4) is 0 Å². The highest BCUT2D eigenvalue weighted by Gasteiger charge is 2.34. The van der Waals surface area contributed by atoms with Gasteiger partial charge in [0.1, 0.15) is 17.6 Å². The van der Waals surface area contributed by atoms with E-state index in [0.29, 0.717) is 36.1 Å². The maximum Gasteiger partial charge on any atom is 0.257 e. The molecule has 1 saturated carbocycles. The van der Waals surface area contributed by atoms with E-state index in [2.05, 4.69) is 0 Å². The topological polar surface area (TPSA) is 59.1 Å². The van der Waals surface area contributed by atoms with Crippen molar-refractivity contribution in [2.24, 2.45) is 11.8 Å². The maximum atomic E-state index is 13.5. The molecule has 2 heterocycles. The molecule has 1 aromatic carbocycles. The van der Waals surface area contributed by atoms with Crippen LogP contribution in [0.15, 0.2) is 18.2 Å². The summed E-state index contributed by atoms with van der Waals surface area (Å²) in [7, 11) is 1.62. The van der Waals surface area contributed by atoms with Gasteiger partial charge in [-0.3, -0.25) is 9.59 Å². The summed E-state index contributed by atoms with van der Waals surface area (Å²) >= 11 is 0. The van der Waals surface area contributed by atoms with Crippen LogP contribution >= 0.6 is 0 Å². The lowest BCUT2D eigenvalue weighted by Crippen LogP contribution is -2.45. The first-order valence-corrected chi connectivity index (χ1v) is 11.4. The van der Waals surface area contributed by atoms with Gasteiger partial charge in [-0.05, 0) is 42.9 Å². The third-order valence-corrected chi connectivity index (χ3v) is 7.18. The molecule has 0 unspecified atom stereocenters. The second-order valence-electron chi connectivity index (χ2n) is 9.03. The largest absolute Gasteiger partial charge is 0.497 e. The van der Waals surface area contributed by atoms with Crippen molar-refractivity contribution in [3.63, 3.8) is 0 Å². The fraction of sp³-hybridized carbons (Fsp3) is 0.667. The number of hydrogen-bond acceptors (Lipinski definition) is 4. The van der Waals surface area contributed by atoms with Crippen LogP contribution in [0.2, 0.25) is 0 Å². The number of benzene rings is 1. The van der Waals surface area contributed by atoms with Crippen molar-refractivity contribution in [2.75, 3.05) is 33.3 Å². The number of ether oxygens (including phenoxy) is 2. The van der Waals surface area contributed by atoms with Crippen molar-refractivity contribution >= 4 is 11.8 Å². The second kappa shape index (κ2) is 9.27. The van der Waals surface area contributed by atoms with E-state index in [1.165, 1.54) is 25.7 Å². The standard InChI is InChI=1S/C24H34N2O4/c1-17(27)25-13-10-20(11-14-25)30-23-8-7-21(29-2)15-22(23)24(28)26-12-9-18-5-3-4-6-19(18)16-26/h7-8,15,18-20H,3-6,9-14,16H2,1-2H3/t18-,19-/m0/s1. The molecule has 2 saturated heterocycles. The quantitative estimate of drug-likeness (QED) is 0.753. The molecule has 3 fully saturated rings. The first kappa shape index (κ1) is 21.0. The Bertz CT molecular complexity index is 772. The van der Waals surface area contributed by atoms with Crippen LogP contribution < -0.4 is 9.47 Å². The summed E-state index contributed by atoms with van der Waals surface area (Å²) in [6.45, 7) is 4.70. The van der Waals surface area contributed by atoms with Crippen molar-refractivity contribution in [3.05, 3.63) is 23.8 Å². The van der Waals surface area contributed by atoms with Crippen LogP contribution in [0.25, 0.3) is 0 Å². The van der Waals surface area contributed by atoms with E-state index in [4.69, 9.17) is 9.47 Å². The summed E-state index contributed by atoms with van der Waals surface area (Å²) < 4.78 is 11.7. The summed E-state index contributed by atoms with van der Waals surface area (Å²) in [4.78, 5) is 28.9. The monoisotopic (exact) mass is 414 g/mol. The zero-order chi connectivity index (χ0) is 21.1. The summed E-state index contributed by atoms with van der Waals surface area (Å²) in [5.74, 6) is 2.89. The van der Waals surface area contributed by atoms with Crippen LogP contribution in [0.5, 0.6) is 11.5 Å².